The van der Waals surface area contributed by atoms with Crippen LogP contribution in [0.25, 0.3) is 0 Å². The monoisotopic (exact) mass is 137 g/mol. The first-order valence-electron chi connectivity index (χ1n) is 2.75. The van der Waals surface area contributed by atoms with E-state index in [1.165, 1.54) is 12.1 Å². The summed E-state index contributed by atoms with van der Waals surface area (Å²) >= 11 is 0. The molecular formula is C8H6FO. The maximum atomic E-state index is 12.4. The highest BCUT2D eigenvalue weighted by Gasteiger charge is 1.94. The molecule has 0 aromatic heterocycles. The highest BCUT2D eigenvalue weighted by Crippen LogP contribution is 2.13. The van der Waals surface area contributed by atoms with Gasteiger partial charge in [0, 0.05) is 6.07 Å². The van der Waals surface area contributed by atoms with Crippen LogP contribution in [0.4, 0.5) is 4.39 Å². The van der Waals surface area contributed by atoms with E-state index in [1.54, 1.807) is 0 Å². The molecule has 0 saturated heterocycles. The van der Waals surface area contributed by atoms with Crippen LogP contribution in [-0.4, -0.2) is 5.11 Å². The zero-order chi connectivity index (χ0) is 7.56. The number of aromatic hydroxyl groups is 1. The summed E-state index contributed by atoms with van der Waals surface area (Å²) in [7, 11) is 0. The van der Waals surface area contributed by atoms with E-state index in [0.29, 0.717) is 5.56 Å². The molecule has 1 rings (SSSR count). The Bertz CT molecular complexity index is 235. The maximum absolute atomic E-state index is 12.4. The van der Waals surface area contributed by atoms with Crippen LogP contribution in [0.15, 0.2) is 24.8 Å². The fourth-order valence-electron chi connectivity index (χ4n) is 0.676. The highest BCUT2D eigenvalue weighted by molar-refractivity contribution is 5.31. The van der Waals surface area contributed by atoms with Gasteiger partial charge < -0.3 is 5.11 Å². The number of phenolic OH excluding ortho intramolecular Hbond substituents is 1. The van der Waals surface area contributed by atoms with Gasteiger partial charge in [0.25, 0.3) is 0 Å². The molecule has 10 heavy (non-hydrogen) atoms. The Hall–Kier alpha value is -1.31. The number of hydrogen-bond donors (Lipinski definition) is 1. The third-order valence-corrected chi connectivity index (χ3v) is 1.09. The standard InChI is InChI=1S/C8H6FO/c1-2-6-3-7(9)5-8(10)4-6/h3-5,10H,1H2. The van der Waals surface area contributed by atoms with Gasteiger partial charge in [-0.25, -0.2) is 4.39 Å². The van der Waals surface area contributed by atoms with E-state index in [9.17, 15) is 4.39 Å². The summed E-state index contributed by atoms with van der Waals surface area (Å²) in [4.78, 5) is 0. The van der Waals surface area contributed by atoms with Crippen LogP contribution in [0.1, 0.15) is 5.56 Å². The molecule has 0 heterocycles. The largest absolute Gasteiger partial charge is 0.508 e. The summed E-state index contributed by atoms with van der Waals surface area (Å²) in [5.41, 5.74) is 0.456. The fourth-order valence-corrected chi connectivity index (χ4v) is 0.676. The first-order valence-corrected chi connectivity index (χ1v) is 2.75. The van der Waals surface area contributed by atoms with Crippen molar-refractivity contribution in [3.05, 3.63) is 42.2 Å². The van der Waals surface area contributed by atoms with E-state index >= 15 is 0 Å². The molecule has 0 unspecified atom stereocenters. The van der Waals surface area contributed by atoms with Crippen molar-refractivity contribution in [3.8, 4) is 5.75 Å². The van der Waals surface area contributed by atoms with Gasteiger partial charge in [0.2, 0.25) is 0 Å². The molecule has 0 bridgehead atoms. The second-order valence-electron chi connectivity index (χ2n) is 1.87. The molecule has 0 saturated carbocycles. The van der Waals surface area contributed by atoms with Gasteiger partial charge in [0.15, 0.2) is 0 Å². The SMILES string of the molecule is C=[C]c1cc(O)cc(F)c1. The molecule has 51 valence electrons. The van der Waals surface area contributed by atoms with Crippen LogP contribution in [-0.2, 0) is 0 Å². The normalized spacial score (nSPS) is 9.30. The Balaban J connectivity index is 3.18. The summed E-state index contributed by atoms with van der Waals surface area (Å²) in [5.74, 6) is -0.586. The number of halogens is 1. The molecule has 1 aromatic carbocycles. The van der Waals surface area contributed by atoms with Crippen molar-refractivity contribution in [2.75, 3.05) is 0 Å². The van der Waals surface area contributed by atoms with Crippen LogP contribution in [0.3, 0.4) is 0 Å². The van der Waals surface area contributed by atoms with Gasteiger partial charge in [-0.3, -0.25) is 0 Å². The van der Waals surface area contributed by atoms with Crippen LogP contribution in [0.5, 0.6) is 5.75 Å². The van der Waals surface area contributed by atoms with Crippen molar-refractivity contribution < 1.29 is 9.50 Å². The van der Waals surface area contributed by atoms with E-state index in [-0.39, 0.29) is 5.75 Å². The Labute approximate surface area is 58.4 Å². The van der Waals surface area contributed by atoms with E-state index in [4.69, 9.17) is 5.11 Å². The average molecular weight is 137 g/mol. The van der Waals surface area contributed by atoms with Crippen LogP contribution in [0, 0.1) is 11.9 Å². The second kappa shape index (κ2) is 2.52. The Kier molecular flexibility index (Phi) is 1.71. The Morgan fingerprint density at radius 2 is 2.10 bits per heavy atom. The zero-order valence-corrected chi connectivity index (χ0v) is 5.26. The fraction of sp³-hybridized carbons (Fsp3) is 0. The summed E-state index contributed by atoms with van der Waals surface area (Å²) in [6.45, 7) is 3.31. The molecule has 0 aliphatic heterocycles. The average Bonchev–Trinajstić information content (AvgIpc) is 1.85. The predicted octanol–water partition coefficient (Wildman–Crippen LogP) is 1.87. The molecule has 0 fully saturated rings. The summed E-state index contributed by atoms with van der Waals surface area (Å²) in [6, 6.07) is 3.66. The summed E-state index contributed by atoms with van der Waals surface area (Å²) in [6.07, 6.45) is 2.46. The van der Waals surface area contributed by atoms with Crippen molar-refractivity contribution in [2.45, 2.75) is 0 Å². The van der Waals surface area contributed by atoms with Crippen molar-refractivity contribution in [2.24, 2.45) is 0 Å². The van der Waals surface area contributed by atoms with Gasteiger partial charge >= 0.3 is 0 Å². The zero-order valence-electron chi connectivity index (χ0n) is 5.26. The molecule has 1 radical (unpaired) electrons. The topological polar surface area (TPSA) is 20.2 Å². The molecule has 1 N–H and O–H groups in total. The lowest BCUT2D eigenvalue weighted by atomic mass is 10.2. The number of hydrogen-bond acceptors (Lipinski definition) is 1. The number of benzene rings is 1. The lowest BCUT2D eigenvalue weighted by molar-refractivity contribution is 0.469. The molecule has 0 atom stereocenters. The smallest absolute Gasteiger partial charge is 0.127 e. The first-order chi connectivity index (χ1) is 4.72. The molecular weight excluding hydrogens is 131 g/mol. The molecule has 0 spiro atoms. The molecule has 1 aromatic rings. The van der Waals surface area contributed by atoms with Gasteiger partial charge in [-0.2, -0.15) is 0 Å². The van der Waals surface area contributed by atoms with E-state index in [2.05, 4.69) is 12.7 Å². The summed E-state index contributed by atoms with van der Waals surface area (Å²) < 4.78 is 12.4. The molecule has 1 nitrogen and oxygen atoms in total. The van der Waals surface area contributed by atoms with Crippen molar-refractivity contribution >= 4 is 0 Å². The first kappa shape index (κ1) is 6.81. The second-order valence-corrected chi connectivity index (χ2v) is 1.87. The van der Waals surface area contributed by atoms with Crippen molar-refractivity contribution in [1.82, 2.24) is 0 Å². The maximum Gasteiger partial charge on any atom is 0.127 e. The quantitative estimate of drug-likeness (QED) is 0.626. The molecule has 0 aliphatic rings. The molecule has 0 amide bonds. The number of phenols is 1. The summed E-state index contributed by atoms with van der Waals surface area (Å²) in [5, 5.41) is 8.82. The molecule has 0 aliphatic carbocycles. The minimum Gasteiger partial charge on any atom is -0.508 e. The lowest BCUT2D eigenvalue weighted by Gasteiger charge is -1.93. The Morgan fingerprint density at radius 1 is 1.40 bits per heavy atom. The van der Waals surface area contributed by atoms with E-state index in [0.717, 1.165) is 6.07 Å². The van der Waals surface area contributed by atoms with Crippen molar-refractivity contribution in [1.29, 1.82) is 0 Å². The minimum absolute atomic E-state index is 0.105. The third kappa shape index (κ3) is 1.35. The van der Waals surface area contributed by atoms with Crippen molar-refractivity contribution in [3.63, 3.8) is 0 Å². The van der Waals surface area contributed by atoms with Crippen LogP contribution >= 0.6 is 0 Å². The highest BCUT2D eigenvalue weighted by atomic mass is 19.1. The molecule has 2 heteroatoms. The number of rotatable bonds is 1. The van der Waals surface area contributed by atoms with Gasteiger partial charge in [-0.1, -0.05) is 6.58 Å². The third-order valence-electron chi connectivity index (χ3n) is 1.09. The lowest BCUT2D eigenvalue weighted by Crippen LogP contribution is -1.77. The predicted molar refractivity (Wildman–Crippen MR) is 36.0 cm³/mol. The van der Waals surface area contributed by atoms with Gasteiger partial charge in [-0.15, -0.1) is 0 Å². The minimum atomic E-state index is -0.480. The van der Waals surface area contributed by atoms with Gasteiger partial charge in [0.05, 0.1) is 0 Å². The Morgan fingerprint density at radius 3 is 2.60 bits per heavy atom. The van der Waals surface area contributed by atoms with Crippen LogP contribution in [0.2, 0.25) is 0 Å². The van der Waals surface area contributed by atoms with E-state index in [1.807, 2.05) is 0 Å². The van der Waals surface area contributed by atoms with Gasteiger partial charge in [-0.05, 0) is 23.8 Å². The van der Waals surface area contributed by atoms with Crippen LogP contribution < -0.4 is 0 Å². The van der Waals surface area contributed by atoms with E-state index < -0.39 is 5.82 Å². The van der Waals surface area contributed by atoms with Gasteiger partial charge in [0.1, 0.15) is 11.6 Å².